The maximum atomic E-state index is 11.5. The molecule has 2 rings (SSSR count). The number of hydrogen-bond acceptors (Lipinski definition) is 3. The van der Waals surface area contributed by atoms with Gasteiger partial charge in [0, 0.05) is 19.1 Å². The first-order valence-corrected chi connectivity index (χ1v) is 7.47. The summed E-state index contributed by atoms with van der Waals surface area (Å²) in [6.07, 6.45) is 3.10. The Bertz CT molecular complexity index is 452. The van der Waals surface area contributed by atoms with Crippen LogP contribution in [-0.4, -0.2) is 30.6 Å². The molecule has 1 aliphatic rings. The van der Waals surface area contributed by atoms with E-state index in [1.807, 2.05) is 18.2 Å². The highest BCUT2D eigenvalue weighted by Gasteiger charge is 2.25. The molecule has 1 aliphatic carbocycles. The minimum absolute atomic E-state index is 0.171. The van der Waals surface area contributed by atoms with Crippen LogP contribution in [0.15, 0.2) is 24.3 Å². The molecular weight excluding hydrogens is 250 g/mol. The number of benzene rings is 1. The molecule has 0 unspecified atom stereocenters. The van der Waals surface area contributed by atoms with Crippen molar-refractivity contribution in [3.63, 3.8) is 0 Å². The Morgan fingerprint density at radius 1 is 1.30 bits per heavy atom. The van der Waals surface area contributed by atoms with Gasteiger partial charge < -0.3 is 4.74 Å². The number of carbonyl (C=O) groups is 1. The average Bonchev–Trinajstić information content (AvgIpc) is 3.23. The third-order valence-corrected chi connectivity index (χ3v) is 3.97. The van der Waals surface area contributed by atoms with Gasteiger partial charge in [0.2, 0.25) is 0 Å². The van der Waals surface area contributed by atoms with Crippen LogP contribution in [0.5, 0.6) is 0 Å². The van der Waals surface area contributed by atoms with Crippen LogP contribution < -0.4 is 0 Å². The molecule has 110 valence electrons. The largest absolute Gasteiger partial charge is 0.469 e. The predicted molar refractivity (Wildman–Crippen MR) is 80.4 cm³/mol. The zero-order valence-electron chi connectivity index (χ0n) is 12.8. The molecule has 0 atom stereocenters. The lowest BCUT2D eigenvalue weighted by Gasteiger charge is -2.27. The lowest BCUT2D eigenvalue weighted by molar-refractivity contribution is -0.139. The minimum atomic E-state index is -0.171. The summed E-state index contributed by atoms with van der Waals surface area (Å²) in [6.45, 7) is 6.57. The number of ether oxygens (including phenoxy) is 1. The summed E-state index contributed by atoms with van der Waals surface area (Å²) in [5.74, 6) is 0.709. The smallest absolute Gasteiger partial charge is 0.309 e. The fourth-order valence-corrected chi connectivity index (χ4v) is 2.42. The predicted octanol–water partition coefficient (Wildman–Crippen LogP) is 3.02. The van der Waals surface area contributed by atoms with Crippen molar-refractivity contribution in [1.82, 2.24) is 4.90 Å². The van der Waals surface area contributed by atoms with Gasteiger partial charge in [-0.1, -0.05) is 24.3 Å². The molecular formula is C17H25NO2. The molecule has 0 saturated heterocycles. The number of carbonyl (C=O) groups excluding carboxylic acids is 1. The Morgan fingerprint density at radius 2 is 1.95 bits per heavy atom. The fraction of sp³-hybridized carbons (Fsp3) is 0.588. The topological polar surface area (TPSA) is 29.5 Å². The molecule has 0 aliphatic heterocycles. The van der Waals surface area contributed by atoms with Crippen molar-refractivity contribution in [3.8, 4) is 0 Å². The molecule has 20 heavy (non-hydrogen) atoms. The number of esters is 1. The Morgan fingerprint density at radius 3 is 2.50 bits per heavy atom. The van der Waals surface area contributed by atoms with Gasteiger partial charge in [-0.05, 0) is 43.7 Å². The lowest BCUT2D eigenvalue weighted by Crippen LogP contribution is -2.32. The van der Waals surface area contributed by atoms with Crippen LogP contribution in [-0.2, 0) is 22.5 Å². The van der Waals surface area contributed by atoms with E-state index in [2.05, 4.69) is 24.8 Å². The summed E-state index contributed by atoms with van der Waals surface area (Å²) < 4.78 is 4.78. The van der Waals surface area contributed by atoms with Gasteiger partial charge in [-0.25, -0.2) is 0 Å². The first-order chi connectivity index (χ1) is 9.60. The van der Waals surface area contributed by atoms with Crippen LogP contribution in [0.2, 0.25) is 0 Å². The van der Waals surface area contributed by atoms with Gasteiger partial charge in [0.15, 0.2) is 0 Å². The minimum Gasteiger partial charge on any atom is -0.469 e. The quantitative estimate of drug-likeness (QED) is 0.716. The molecule has 3 nitrogen and oxygen atoms in total. The monoisotopic (exact) mass is 275 g/mol. The highest BCUT2D eigenvalue weighted by molar-refractivity contribution is 5.72. The van der Waals surface area contributed by atoms with Crippen LogP contribution >= 0.6 is 0 Å². The van der Waals surface area contributed by atoms with Gasteiger partial charge in [-0.15, -0.1) is 0 Å². The van der Waals surface area contributed by atoms with Gasteiger partial charge in [0.1, 0.15) is 0 Å². The van der Waals surface area contributed by atoms with Crippen molar-refractivity contribution in [3.05, 3.63) is 35.4 Å². The van der Waals surface area contributed by atoms with E-state index >= 15 is 0 Å². The number of methoxy groups -OCH3 is 1. The zero-order valence-corrected chi connectivity index (χ0v) is 12.8. The van der Waals surface area contributed by atoms with Gasteiger partial charge in [-0.2, -0.15) is 0 Å². The van der Waals surface area contributed by atoms with E-state index in [-0.39, 0.29) is 5.97 Å². The maximum Gasteiger partial charge on any atom is 0.309 e. The van der Waals surface area contributed by atoms with E-state index in [0.29, 0.717) is 12.5 Å². The summed E-state index contributed by atoms with van der Waals surface area (Å²) >= 11 is 0. The fourth-order valence-electron chi connectivity index (χ4n) is 2.42. The van der Waals surface area contributed by atoms with E-state index in [4.69, 9.17) is 4.74 Å². The molecule has 0 N–H and O–H groups in total. The third-order valence-electron chi connectivity index (χ3n) is 3.97. The molecule has 0 radical (unpaired) electrons. The molecule has 0 heterocycles. The number of hydrogen-bond donors (Lipinski definition) is 0. The number of nitrogens with zero attached hydrogens (tertiary/aromatic N) is 1. The SMILES string of the molecule is COC(=O)Cc1ccccc1CN(CC1CC1)C(C)C. The molecule has 0 aromatic heterocycles. The van der Waals surface area contributed by atoms with Crippen LogP contribution in [0.1, 0.15) is 37.8 Å². The van der Waals surface area contributed by atoms with E-state index in [0.717, 1.165) is 18.0 Å². The lowest BCUT2D eigenvalue weighted by atomic mass is 10.0. The summed E-state index contributed by atoms with van der Waals surface area (Å²) in [5.41, 5.74) is 2.33. The van der Waals surface area contributed by atoms with Crippen molar-refractivity contribution in [2.24, 2.45) is 5.92 Å². The van der Waals surface area contributed by atoms with Gasteiger partial charge in [-0.3, -0.25) is 9.69 Å². The Hall–Kier alpha value is -1.35. The molecule has 3 heteroatoms. The summed E-state index contributed by atoms with van der Waals surface area (Å²) in [4.78, 5) is 14.0. The molecule has 0 bridgehead atoms. The second-order valence-electron chi connectivity index (χ2n) is 5.99. The zero-order chi connectivity index (χ0) is 14.5. The molecule has 1 fully saturated rings. The van der Waals surface area contributed by atoms with Crippen LogP contribution in [0, 0.1) is 5.92 Å². The average molecular weight is 275 g/mol. The van der Waals surface area contributed by atoms with Crippen LogP contribution in [0.25, 0.3) is 0 Å². The van der Waals surface area contributed by atoms with E-state index < -0.39 is 0 Å². The molecule has 1 aromatic carbocycles. The molecule has 0 amide bonds. The Kier molecular flexibility index (Phi) is 5.18. The Labute approximate surface area is 121 Å². The molecule has 1 aromatic rings. The normalized spacial score (nSPS) is 14.8. The maximum absolute atomic E-state index is 11.5. The second kappa shape index (κ2) is 6.89. The first-order valence-electron chi connectivity index (χ1n) is 7.47. The van der Waals surface area contributed by atoms with E-state index in [9.17, 15) is 4.79 Å². The Balaban J connectivity index is 2.07. The molecule has 0 spiro atoms. The van der Waals surface area contributed by atoms with Crippen LogP contribution in [0.4, 0.5) is 0 Å². The highest BCUT2D eigenvalue weighted by atomic mass is 16.5. The van der Waals surface area contributed by atoms with Crippen molar-refractivity contribution >= 4 is 5.97 Å². The third kappa shape index (κ3) is 4.34. The van der Waals surface area contributed by atoms with Gasteiger partial charge >= 0.3 is 5.97 Å². The van der Waals surface area contributed by atoms with Crippen molar-refractivity contribution in [2.45, 2.75) is 45.7 Å². The number of rotatable bonds is 7. The summed E-state index contributed by atoms with van der Waals surface area (Å²) in [7, 11) is 1.44. The van der Waals surface area contributed by atoms with Crippen molar-refractivity contribution < 1.29 is 9.53 Å². The van der Waals surface area contributed by atoms with E-state index in [1.165, 1.54) is 32.1 Å². The highest BCUT2D eigenvalue weighted by Crippen LogP contribution is 2.31. The standard InChI is InChI=1S/C17H25NO2/c1-13(2)18(11-14-8-9-14)12-16-7-5-4-6-15(16)10-17(19)20-3/h4-7,13-14H,8-12H2,1-3H3. The summed E-state index contributed by atoms with van der Waals surface area (Å²) in [6, 6.07) is 8.72. The first kappa shape index (κ1) is 15.0. The van der Waals surface area contributed by atoms with Crippen molar-refractivity contribution in [1.29, 1.82) is 0 Å². The van der Waals surface area contributed by atoms with E-state index in [1.54, 1.807) is 0 Å². The van der Waals surface area contributed by atoms with Crippen molar-refractivity contribution in [2.75, 3.05) is 13.7 Å². The molecule has 1 saturated carbocycles. The summed E-state index contributed by atoms with van der Waals surface area (Å²) in [5, 5.41) is 0. The van der Waals surface area contributed by atoms with Gasteiger partial charge in [0.05, 0.1) is 13.5 Å². The second-order valence-corrected chi connectivity index (χ2v) is 5.99. The van der Waals surface area contributed by atoms with Crippen LogP contribution in [0.3, 0.4) is 0 Å². The van der Waals surface area contributed by atoms with Gasteiger partial charge in [0.25, 0.3) is 0 Å².